The molecule has 1 aromatic rings. The average Bonchev–Trinajstić information content (AvgIpc) is 2.34. The van der Waals surface area contributed by atoms with Crippen molar-refractivity contribution in [2.45, 2.75) is 19.4 Å². The van der Waals surface area contributed by atoms with Crippen LogP contribution in [0.1, 0.15) is 19.4 Å². The number of carbonyl (C=O) groups is 1. The molecule has 0 saturated heterocycles. The Balaban J connectivity index is 2.36. The Bertz CT molecular complexity index is 397. The third kappa shape index (κ3) is 4.88. The van der Waals surface area contributed by atoms with E-state index in [-0.39, 0.29) is 6.61 Å². The Morgan fingerprint density at radius 2 is 2.00 bits per heavy atom. The first-order valence-corrected chi connectivity index (χ1v) is 5.43. The van der Waals surface area contributed by atoms with Crippen LogP contribution in [0.3, 0.4) is 0 Å². The molecule has 1 rings (SSSR count). The molecule has 5 nitrogen and oxygen atoms in total. The van der Waals surface area contributed by atoms with Crippen LogP contribution < -0.4 is 0 Å². The minimum atomic E-state index is -1.33. The normalized spacial score (nSPS) is 11.4. The lowest BCUT2D eigenvalue weighted by atomic mass is 9.99. The zero-order valence-electron chi connectivity index (χ0n) is 10.3. The molecule has 1 N–H and O–H groups in total. The second kappa shape index (κ2) is 6.66. The zero-order chi connectivity index (χ0) is 13.4. The molecule has 0 radical (unpaired) electrons. The summed E-state index contributed by atoms with van der Waals surface area (Å²) in [6.45, 7) is 3.65. The summed E-state index contributed by atoms with van der Waals surface area (Å²) in [5.41, 5.74) is 0.374. The van der Waals surface area contributed by atoms with Crippen LogP contribution in [0.15, 0.2) is 42.7 Å². The highest BCUT2D eigenvalue weighted by molar-refractivity contribution is 5.56. The monoisotopic (exact) mass is 252 g/mol. The molecule has 0 unspecified atom stereocenters. The van der Waals surface area contributed by atoms with Crippen molar-refractivity contribution >= 4 is 6.16 Å². The van der Waals surface area contributed by atoms with Crippen molar-refractivity contribution in [3.63, 3.8) is 0 Å². The van der Waals surface area contributed by atoms with E-state index in [0.717, 1.165) is 5.56 Å². The Labute approximate surface area is 106 Å². The molecule has 0 aliphatic heterocycles. The van der Waals surface area contributed by atoms with Gasteiger partial charge in [0, 0.05) is 0 Å². The van der Waals surface area contributed by atoms with Gasteiger partial charge in [-0.15, -0.1) is 0 Å². The molecule has 0 spiro atoms. The molecular formula is C13H16O5. The lowest BCUT2D eigenvalue weighted by molar-refractivity contribution is -0.321. The minimum absolute atomic E-state index is 0.0789. The van der Waals surface area contributed by atoms with E-state index in [1.54, 1.807) is 0 Å². The summed E-state index contributed by atoms with van der Waals surface area (Å²) in [7, 11) is 0. The van der Waals surface area contributed by atoms with Gasteiger partial charge in [-0.2, -0.15) is 4.89 Å². The number of hydrogen-bond acceptors (Lipinski definition) is 4. The van der Waals surface area contributed by atoms with Crippen molar-refractivity contribution in [2.75, 3.05) is 6.61 Å². The van der Waals surface area contributed by atoms with Gasteiger partial charge in [0.15, 0.2) is 0 Å². The smallest absolute Gasteiger partial charge is 0.450 e. The third-order valence-corrected chi connectivity index (χ3v) is 2.18. The third-order valence-electron chi connectivity index (χ3n) is 2.18. The first-order chi connectivity index (χ1) is 8.52. The SMILES string of the molecule is CC(C)(OOC=CCOC(=O)O)c1ccccc1. The summed E-state index contributed by atoms with van der Waals surface area (Å²) in [5.74, 6) is 0. The van der Waals surface area contributed by atoms with Gasteiger partial charge in [0.1, 0.15) is 18.5 Å². The maximum Gasteiger partial charge on any atom is 0.506 e. The number of rotatable bonds is 6. The summed E-state index contributed by atoms with van der Waals surface area (Å²) in [6.07, 6.45) is 1.31. The van der Waals surface area contributed by atoms with E-state index >= 15 is 0 Å². The fourth-order valence-corrected chi connectivity index (χ4v) is 1.23. The molecule has 1 aromatic carbocycles. The van der Waals surface area contributed by atoms with Crippen molar-refractivity contribution in [3.8, 4) is 0 Å². The van der Waals surface area contributed by atoms with Crippen molar-refractivity contribution in [3.05, 3.63) is 48.2 Å². The van der Waals surface area contributed by atoms with Gasteiger partial charge < -0.3 is 14.7 Å². The molecular weight excluding hydrogens is 236 g/mol. The first-order valence-electron chi connectivity index (χ1n) is 5.43. The highest BCUT2D eigenvalue weighted by Crippen LogP contribution is 2.24. The lowest BCUT2D eigenvalue weighted by Gasteiger charge is -2.22. The van der Waals surface area contributed by atoms with Gasteiger partial charge in [-0.1, -0.05) is 30.3 Å². The van der Waals surface area contributed by atoms with E-state index in [1.807, 2.05) is 44.2 Å². The number of carboxylic acid groups (broad SMARTS) is 1. The second-order valence-corrected chi connectivity index (χ2v) is 4.00. The highest BCUT2D eigenvalue weighted by atomic mass is 17.2. The maximum atomic E-state index is 10.0. The second-order valence-electron chi connectivity index (χ2n) is 4.00. The van der Waals surface area contributed by atoms with E-state index in [9.17, 15) is 4.79 Å². The molecule has 0 amide bonds. The molecule has 0 atom stereocenters. The van der Waals surface area contributed by atoms with E-state index in [1.165, 1.54) is 12.3 Å². The molecule has 0 saturated carbocycles. The molecule has 0 bridgehead atoms. The summed E-state index contributed by atoms with van der Waals surface area (Å²) >= 11 is 0. The van der Waals surface area contributed by atoms with Crippen LogP contribution in [0.4, 0.5) is 4.79 Å². The maximum absolute atomic E-state index is 10.0. The Morgan fingerprint density at radius 3 is 2.61 bits per heavy atom. The van der Waals surface area contributed by atoms with E-state index in [4.69, 9.17) is 14.9 Å². The highest BCUT2D eigenvalue weighted by Gasteiger charge is 2.22. The van der Waals surface area contributed by atoms with Crippen LogP contribution in [-0.2, 0) is 20.1 Å². The largest absolute Gasteiger partial charge is 0.506 e. The molecule has 0 fully saturated rings. The van der Waals surface area contributed by atoms with Crippen LogP contribution >= 0.6 is 0 Å². The zero-order valence-corrected chi connectivity index (χ0v) is 10.3. The molecule has 5 heteroatoms. The van der Waals surface area contributed by atoms with Crippen LogP contribution in [-0.4, -0.2) is 17.9 Å². The van der Waals surface area contributed by atoms with Gasteiger partial charge >= 0.3 is 6.16 Å². The molecule has 0 aliphatic carbocycles. The average molecular weight is 252 g/mol. The van der Waals surface area contributed by atoms with Gasteiger partial charge in [-0.25, -0.2) is 4.79 Å². The van der Waals surface area contributed by atoms with Gasteiger partial charge in [-0.3, -0.25) is 0 Å². The molecule has 18 heavy (non-hydrogen) atoms. The minimum Gasteiger partial charge on any atom is -0.450 e. The summed E-state index contributed by atoms with van der Waals surface area (Å²) in [4.78, 5) is 20.2. The number of hydrogen-bond donors (Lipinski definition) is 1. The summed E-state index contributed by atoms with van der Waals surface area (Å²) in [6, 6.07) is 9.61. The Morgan fingerprint density at radius 1 is 1.33 bits per heavy atom. The van der Waals surface area contributed by atoms with Crippen LogP contribution in [0, 0.1) is 0 Å². The summed E-state index contributed by atoms with van der Waals surface area (Å²) in [5, 5.41) is 8.22. The topological polar surface area (TPSA) is 65.0 Å². The van der Waals surface area contributed by atoms with E-state index in [0.29, 0.717) is 0 Å². The Hall–Kier alpha value is -2.01. The van der Waals surface area contributed by atoms with Crippen molar-refractivity contribution in [1.82, 2.24) is 0 Å². The molecule has 0 aliphatic rings. The number of benzene rings is 1. The first kappa shape index (κ1) is 14.1. The molecule has 0 heterocycles. The molecule has 0 aromatic heterocycles. The van der Waals surface area contributed by atoms with Crippen LogP contribution in [0.2, 0.25) is 0 Å². The van der Waals surface area contributed by atoms with Crippen molar-refractivity contribution < 1.29 is 24.4 Å². The number of ether oxygens (including phenoxy) is 1. The van der Waals surface area contributed by atoms with Gasteiger partial charge in [0.25, 0.3) is 0 Å². The van der Waals surface area contributed by atoms with Crippen LogP contribution in [0.5, 0.6) is 0 Å². The van der Waals surface area contributed by atoms with E-state index in [2.05, 4.69) is 4.74 Å². The predicted octanol–water partition coefficient (Wildman–Crippen LogP) is 3.08. The Kier molecular flexibility index (Phi) is 5.20. The lowest BCUT2D eigenvalue weighted by Crippen LogP contribution is -2.20. The fraction of sp³-hybridized carbons (Fsp3) is 0.308. The fourth-order valence-electron chi connectivity index (χ4n) is 1.23. The van der Waals surface area contributed by atoms with Gasteiger partial charge in [0.05, 0.1) is 0 Å². The van der Waals surface area contributed by atoms with Crippen LogP contribution in [0.25, 0.3) is 0 Å². The van der Waals surface area contributed by atoms with Gasteiger partial charge in [0.2, 0.25) is 0 Å². The quantitative estimate of drug-likeness (QED) is 0.365. The molecule has 98 valence electrons. The standard InChI is InChI=1S/C13H16O5/c1-13(2,11-7-4-3-5-8-11)18-17-10-6-9-16-12(14)15/h3-8,10H,9H2,1-2H3,(H,14,15). The predicted molar refractivity (Wildman–Crippen MR) is 64.8 cm³/mol. The van der Waals surface area contributed by atoms with E-state index < -0.39 is 11.8 Å². The van der Waals surface area contributed by atoms with Crippen molar-refractivity contribution in [1.29, 1.82) is 0 Å². The summed E-state index contributed by atoms with van der Waals surface area (Å²) < 4.78 is 4.25. The van der Waals surface area contributed by atoms with Gasteiger partial charge in [-0.05, 0) is 25.5 Å². The van der Waals surface area contributed by atoms with Crippen molar-refractivity contribution in [2.24, 2.45) is 0 Å².